The molecule has 0 aromatic carbocycles. The molecule has 5 heteroatoms. The van der Waals surface area contributed by atoms with Gasteiger partial charge in [-0.15, -0.1) is 0 Å². The molecule has 1 saturated heterocycles. The fourth-order valence-electron chi connectivity index (χ4n) is 1.96. The van der Waals surface area contributed by atoms with Gasteiger partial charge < -0.3 is 14.4 Å². The zero-order valence-corrected chi connectivity index (χ0v) is 10.8. The molecular weight excluding hydrogens is 232 g/mol. The molecule has 0 N–H and O–H groups in total. The van der Waals surface area contributed by atoms with Crippen molar-refractivity contribution in [1.82, 2.24) is 9.88 Å². The second-order valence-electron chi connectivity index (χ2n) is 4.29. The second kappa shape index (κ2) is 5.71. The van der Waals surface area contributed by atoms with Crippen LogP contribution in [0.25, 0.3) is 0 Å². The van der Waals surface area contributed by atoms with Crippen molar-refractivity contribution in [2.75, 3.05) is 19.7 Å². The fraction of sp³-hybridized carbons (Fsp3) is 0.538. The Bertz CT molecular complexity index is 422. The Morgan fingerprint density at radius 1 is 1.56 bits per heavy atom. The number of pyridine rings is 1. The van der Waals surface area contributed by atoms with Crippen molar-refractivity contribution in [1.29, 1.82) is 0 Å². The van der Waals surface area contributed by atoms with E-state index in [9.17, 15) is 4.79 Å². The van der Waals surface area contributed by atoms with Crippen LogP contribution in [-0.4, -0.2) is 41.8 Å². The highest BCUT2D eigenvalue weighted by molar-refractivity contribution is 5.67. The van der Waals surface area contributed by atoms with Crippen LogP contribution in [0.2, 0.25) is 0 Å². The number of nitrogens with zero attached hydrogens (tertiary/aromatic N) is 2. The third kappa shape index (κ3) is 3.12. The molecule has 18 heavy (non-hydrogen) atoms. The van der Waals surface area contributed by atoms with Crippen molar-refractivity contribution in [3.8, 4) is 5.88 Å². The first-order valence-electron chi connectivity index (χ1n) is 6.21. The third-order valence-electron chi connectivity index (χ3n) is 2.82. The minimum Gasteiger partial charge on any atom is -0.472 e. The van der Waals surface area contributed by atoms with Gasteiger partial charge in [0.2, 0.25) is 5.88 Å². The maximum atomic E-state index is 11.5. The number of rotatable bonds is 3. The summed E-state index contributed by atoms with van der Waals surface area (Å²) in [6.07, 6.45) is 0.554. The fourth-order valence-corrected chi connectivity index (χ4v) is 1.96. The summed E-state index contributed by atoms with van der Waals surface area (Å²) < 4.78 is 10.7. The van der Waals surface area contributed by atoms with Crippen molar-refractivity contribution >= 4 is 6.09 Å². The number of carbonyl (C=O) groups is 1. The number of ether oxygens (including phenoxy) is 2. The van der Waals surface area contributed by atoms with Crippen LogP contribution in [0.5, 0.6) is 5.88 Å². The largest absolute Gasteiger partial charge is 0.472 e. The van der Waals surface area contributed by atoms with Gasteiger partial charge in [0.1, 0.15) is 6.10 Å². The van der Waals surface area contributed by atoms with Crippen molar-refractivity contribution in [3.05, 3.63) is 23.9 Å². The first-order chi connectivity index (χ1) is 8.69. The molecule has 1 aliphatic heterocycles. The van der Waals surface area contributed by atoms with E-state index in [4.69, 9.17) is 9.47 Å². The van der Waals surface area contributed by atoms with E-state index in [2.05, 4.69) is 4.98 Å². The van der Waals surface area contributed by atoms with Crippen LogP contribution in [-0.2, 0) is 4.74 Å². The highest BCUT2D eigenvalue weighted by Crippen LogP contribution is 2.17. The number of hydrogen-bond acceptors (Lipinski definition) is 4. The minimum atomic E-state index is -0.263. The average Bonchev–Trinajstić information content (AvgIpc) is 2.78. The van der Waals surface area contributed by atoms with Gasteiger partial charge >= 0.3 is 6.09 Å². The zero-order valence-electron chi connectivity index (χ0n) is 10.8. The standard InChI is InChI=1S/C13H18N2O3/c1-3-17-13(16)15-8-7-11(9-15)18-12-6-4-5-10(2)14-12/h4-6,11H,3,7-9H2,1-2H3. The van der Waals surface area contributed by atoms with Crippen LogP contribution in [0.3, 0.4) is 0 Å². The first-order valence-corrected chi connectivity index (χ1v) is 6.21. The number of carbonyl (C=O) groups excluding carboxylic acids is 1. The Morgan fingerprint density at radius 3 is 3.11 bits per heavy atom. The van der Waals surface area contributed by atoms with Crippen molar-refractivity contribution < 1.29 is 14.3 Å². The molecule has 2 rings (SSSR count). The molecule has 1 aromatic rings. The monoisotopic (exact) mass is 250 g/mol. The summed E-state index contributed by atoms with van der Waals surface area (Å²) in [7, 11) is 0. The highest BCUT2D eigenvalue weighted by atomic mass is 16.6. The first kappa shape index (κ1) is 12.7. The Kier molecular flexibility index (Phi) is 4.02. The summed E-state index contributed by atoms with van der Waals surface area (Å²) in [6, 6.07) is 5.67. The van der Waals surface area contributed by atoms with Gasteiger partial charge in [-0.2, -0.15) is 0 Å². The maximum Gasteiger partial charge on any atom is 0.409 e. The van der Waals surface area contributed by atoms with Gasteiger partial charge in [0.15, 0.2) is 0 Å². The summed E-state index contributed by atoms with van der Waals surface area (Å²) in [4.78, 5) is 17.5. The Balaban J connectivity index is 1.88. The Hall–Kier alpha value is -1.78. The molecule has 1 atom stereocenters. The molecule has 1 unspecified atom stereocenters. The second-order valence-corrected chi connectivity index (χ2v) is 4.29. The average molecular weight is 250 g/mol. The van der Waals surface area contributed by atoms with Gasteiger partial charge in [-0.25, -0.2) is 9.78 Å². The molecule has 1 amide bonds. The number of hydrogen-bond donors (Lipinski definition) is 0. The van der Waals surface area contributed by atoms with Crippen LogP contribution in [0, 0.1) is 6.92 Å². The van der Waals surface area contributed by atoms with Crippen LogP contribution >= 0.6 is 0 Å². The van der Waals surface area contributed by atoms with E-state index < -0.39 is 0 Å². The van der Waals surface area contributed by atoms with Crippen molar-refractivity contribution in [3.63, 3.8) is 0 Å². The predicted octanol–water partition coefficient (Wildman–Crippen LogP) is 2.00. The summed E-state index contributed by atoms with van der Waals surface area (Å²) in [5.41, 5.74) is 0.924. The SMILES string of the molecule is CCOC(=O)N1CCC(Oc2cccc(C)n2)C1. The Morgan fingerprint density at radius 2 is 2.39 bits per heavy atom. The van der Waals surface area contributed by atoms with Crippen LogP contribution < -0.4 is 4.74 Å². The summed E-state index contributed by atoms with van der Waals surface area (Å²) in [6.45, 7) is 5.37. The van der Waals surface area contributed by atoms with Crippen molar-refractivity contribution in [2.24, 2.45) is 0 Å². The van der Waals surface area contributed by atoms with Crippen molar-refractivity contribution in [2.45, 2.75) is 26.4 Å². The number of amides is 1. The lowest BCUT2D eigenvalue weighted by atomic mass is 10.3. The molecule has 1 aromatic heterocycles. The lowest BCUT2D eigenvalue weighted by Gasteiger charge is -2.16. The van der Waals surface area contributed by atoms with Gasteiger partial charge in [0.05, 0.1) is 13.2 Å². The summed E-state index contributed by atoms with van der Waals surface area (Å²) in [5.74, 6) is 0.616. The normalized spacial score (nSPS) is 18.8. The molecular formula is C13H18N2O3. The molecule has 1 fully saturated rings. The summed E-state index contributed by atoms with van der Waals surface area (Å²) in [5, 5.41) is 0. The predicted molar refractivity (Wildman–Crippen MR) is 66.6 cm³/mol. The van der Waals surface area contributed by atoms with E-state index in [1.165, 1.54) is 0 Å². The molecule has 5 nitrogen and oxygen atoms in total. The molecule has 0 spiro atoms. The molecule has 0 saturated carbocycles. The van der Waals surface area contributed by atoms with Gasteiger partial charge in [-0.05, 0) is 19.9 Å². The van der Waals surface area contributed by atoms with E-state index in [0.717, 1.165) is 12.1 Å². The smallest absolute Gasteiger partial charge is 0.409 e. The zero-order chi connectivity index (χ0) is 13.0. The number of aryl methyl sites for hydroxylation is 1. The Labute approximate surface area is 107 Å². The maximum absolute atomic E-state index is 11.5. The van der Waals surface area contributed by atoms with E-state index >= 15 is 0 Å². The lowest BCUT2D eigenvalue weighted by molar-refractivity contribution is 0.109. The number of aromatic nitrogens is 1. The molecule has 1 aliphatic rings. The molecule has 0 aliphatic carbocycles. The molecule has 0 radical (unpaired) electrons. The minimum absolute atomic E-state index is 0.00343. The highest BCUT2D eigenvalue weighted by Gasteiger charge is 2.28. The van der Waals surface area contributed by atoms with Crippen LogP contribution in [0.15, 0.2) is 18.2 Å². The molecule has 2 heterocycles. The van der Waals surface area contributed by atoms with E-state index in [1.807, 2.05) is 25.1 Å². The van der Waals surface area contributed by atoms with Crippen LogP contribution in [0.4, 0.5) is 4.79 Å². The van der Waals surface area contributed by atoms with E-state index in [-0.39, 0.29) is 12.2 Å². The summed E-state index contributed by atoms with van der Waals surface area (Å²) >= 11 is 0. The number of likely N-dealkylation sites (tertiary alicyclic amines) is 1. The molecule has 98 valence electrons. The quantitative estimate of drug-likeness (QED) is 0.823. The van der Waals surface area contributed by atoms with Gasteiger partial charge in [-0.1, -0.05) is 6.07 Å². The molecule has 0 bridgehead atoms. The van der Waals surface area contributed by atoms with E-state index in [1.54, 1.807) is 11.8 Å². The van der Waals surface area contributed by atoms with Gasteiger partial charge in [0.25, 0.3) is 0 Å². The topological polar surface area (TPSA) is 51.7 Å². The van der Waals surface area contributed by atoms with Gasteiger partial charge in [0, 0.05) is 24.7 Å². The van der Waals surface area contributed by atoms with Gasteiger partial charge in [-0.3, -0.25) is 0 Å². The third-order valence-corrected chi connectivity index (χ3v) is 2.82. The van der Waals surface area contributed by atoms with E-state index in [0.29, 0.717) is 25.6 Å². The van der Waals surface area contributed by atoms with Crippen LogP contribution in [0.1, 0.15) is 19.0 Å². The lowest BCUT2D eigenvalue weighted by Crippen LogP contribution is -2.31.